The highest BCUT2D eigenvalue weighted by Gasteiger charge is 2.21. The number of fused-ring (bicyclic) bond motifs is 2. The van der Waals surface area contributed by atoms with Crippen molar-refractivity contribution < 1.29 is 14.3 Å². The van der Waals surface area contributed by atoms with Crippen molar-refractivity contribution >= 4 is 23.0 Å². The Bertz CT molecular complexity index is 980. The fourth-order valence-corrected chi connectivity index (χ4v) is 3.46. The molecule has 0 atom stereocenters. The summed E-state index contributed by atoms with van der Waals surface area (Å²) in [7, 11) is 0. The summed E-state index contributed by atoms with van der Waals surface area (Å²) in [5.74, 6) is 0.597. The molecule has 1 amide bonds. The number of hydrogen-bond donors (Lipinski definition) is 0. The van der Waals surface area contributed by atoms with Crippen molar-refractivity contribution in [1.29, 1.82) is 0 Å². The molecule has 4 rings (SSSR count). The number of nitrogens with zero attached hydrogens (tertiary/aromatic N) is 1. The van der Waals surface area contributed by atoms with Gasteiger partial charge in [0.2, 0.25) is 0 Å². The summed E-state index contributed by atoms with van der Waals surface area (Å²) < 4.78 is 5.81. The van der Waals surface area contributed by atoms with Gasteiger partial charge >= 0.3 is 0 Å². The van der Waals surface area contributed by atoms with E-state index in [0.29, 0.717) is 24.4 Å². The SMILES string of the molecule is O=Cc1ccc(OCC(=O)N2CCc3ccccc3C2)c2ccccc12. The number of carbonyl (C=O) groups excluding carboxylic acids is 2. The van der Waals surface area contributed by atoms with Crippen molar-refractivity contribution in [3.63, 3.8) is 0 Å². The van der Waals surface area contributed by atoms with Crippen LogP contribution in [0.4, 0.5) is 0 Å². The van der Waals surface area contributed by atoms with E-state index in [4.69, 9.17) is 4.74 Å². The molecule has 1 aliphatic heterocycles. The lowest BCUT2D eigenvalue weighted by Crippen LogP contribution is -2.38. The summed E-state index contributed by atoms with van der Waals surface area (Å²) in [4.78, 5) is 25.6. The molecule has 3 aromatic rings. The lowest BCUT2D eigenvalue weighted by atomic mass is 10.00. The molecule has 0 bridgehead atoms. The molecular formula is C22H19NO3. The molecule has 1 aliphatic rings. The number of hydrogen-bond acceptors (Lipinski definition) is 3. The van der Waals surface area contributed by atoms with Gasteiger partial charge in [0, 0.05) is 24.0 Å². The fourth-order valence-electron chi connectivity index (χ4n) is 3.46. The Hall–Kier alpha value is -3.14. The Kier molecular flexibility index (Phi) is 4.40. The highest BCUT2D eigenvalue weighted by Crippen LogP contribution is 2.28. The van der Waals surface area contributed by atoms with Crippen molar-refractivity contribution in [2.75, 3.05) is 13.2 Å². The Morgan fingerprint density at radius 2 is 1.69 bits per heavy atom. The van der Waals surface area contributed by atoms with Crippen LogP contribution >= 0.6 is 0 Å². The Morgan fingerprint density at radius 3 is 2.50 bits per heavy atom. The van der Waals surface area contributed by atoms with Crippen molar-refractivity contribution in [1.82, 2.24) is 4.90 Å². The average molecular weight is 345 g/mol. The van der Waals surface area contributed by atoms with Crippen LogP contribution in [0.25, 0.3) is 10.8 Å². The van der Waals surface area contributed by atoms with Gasteiger partial charge < -0.3 is 9.64 Å². The van der Waals surface area contributed by atoms with Crippen LogP contribution in [0.1, 0.15) is 21.5 Å². The van der Waals surface area contributed by atoms with Crippen molar-refractivity contribution in [3.8, 4) is 5.75 Å². The van der Waals surface area contributed by atoms with E-state index < -0.39 is 0 Å². The summed E-state index contributed by atoms with van der Waals surface area (Å²) >= 11 is 0. The molecule has 4 nitrogen and oxygen atoms in total. The topological polar surface area (TPSA) is 46.6 Å². The summed E-state index contributed by atoms with van der Waals surface area (Å²) in [6.07, 6.45) is 1.71. The standard InChI is InChI=1S/C22H19NO3/c24-14-18-9-10-21(20-8-4-3-7-19(18)20)26-15-22(25)23-12-11-16-5-1-2-6-17(16)13-23/h1-10,14H,11-13,15H2. The summed E-state index contributed by atoms with van der Waals surface area (Å²) in [5, 5.41) is 1.67. The molecule has 0 saturated heterocycles. The number of aldehydes is 1. The zero-order valence-corrected chi connectivity index (χ0v) is 14.4. The molecule has 0 radical (unpaired) electrons. The molecular weight excluding hydrogens is 326 g/mol. The van der Waals surface area contributed by atoms with Crippen LogP contribution in [0.3, 0.4) is 0 Å². The van der Waals surface area contributed by atoms with Gasteiger partial charge in [-0.1, -0.05) is 48.5 Å². The van der Waals surface area contributed by atoms with Crippen LogP contribution in [-0.4, -0.2) is 30.2 Å². The summed E-state index contributed by atoms with van der Waals surface area (Å²) in [6, 6.07) is 19.3. The summed E-state index contributed by atoms with van der Waals surface area (Å²) in [5.41, 5.74) is 3.13. The number of rotatable bonds is 4. The Balaban J connectivity index is 1.49. The third kappa shape index (κ3) is 3.06. The Morgan fingerprint density at radius 1 is 0.962 bits per heavy atom. The van der Waals surface area contributed by atoms with E-state index in [1.807, 2.05) is 41.3 Å². The van der Waals surface area contributed by atoms with E-state index in [2.05, 4.69) is 12.1 Å². The van der Waals surface area contributed by atoms with Gasteiger partial charge in [0.15, 0.2) is 12.9 Å². The zero-order valence-electron chi connectivity index (χ0n) is 14.4. The molecule has 0 N–H and O–H groups in total. The second-order valence-corrected chi connectivity index (χ2v) is 6.44. The van der Waals surface area contributed by atoms with Gasteiger partial charge in [-0.05, 0) is 35.1 Å². The molecule has 0 unspecified atom stereocenters. The molecule has 0 fully saturated rings. The minimum atomic E-state index is -0.0250. The lowest BCUT2D eigenvalue weighted by Gasteiger charge is -2.28. The third-order valence-corrected chi connectivity index (χ3v) is 4.88. The van der Waals surface area contributed by atoms with Crippen LogP contribution < -0.4 is 4.74 Å². The van der Waals surface area contributed by atoms with Crippen molar-refractivity contribution in [3.05, 3.63) is 77.4 Å². The highest BCUT2D eigenvalue weighted by molar-refractivity contribution is 6.01. The van der Waals surface area contributed by atoms with E-state index >= 15 is 0 Å². The van der Waals surface area contributed by atoms with E-state index in [1.165, 1.54) is 11.1 Å². The van der Waals surface area contributed by atoms with E-state index in [1.54, 1.807) is 12.1 Å². The van der Waals surface area contributed by atoms with E-state index in [-0.39, 0.29) is 12.5 Å². The minimum Gasteiger partial charge on any atom is -0.483 e. The number of amides is 1. The quantitative estimate of drug-likeness (QED) is 0.679. The van der Waals surface area contributed by atoms with Gasteiger partial charge in [0.05, 0.1) is 0 Å². The van der Waals surface area contributed by atoms with Crippen molar-refractivity contribution in [2.24, 2.45) is 0 Å². The molecule has 3 aromatic carbocycles. The molecule has 4 heteroatoms. The first-order chi connectivity index (χ1) is 12.8. The van der Waals surface area contributed by atoms with Gasteiger partial charge in [-0.3, -0.25) is 9.59 Å². The predicted octanol–water partition coefficient (Wildman–Crippen LogP) is 3.62. The Labute approximate surface area is 152 Å². The third-order valence-electron chi connectivity index (χ3n) is 4.88. The second kappa shape index (κ2) is 7.00. The number of benzene rings is 3. The van der Waals surface area contributed by atoms with Gasteiger partial charge in [-0.2, -0.15) is 0 Å². The number of ether oxygens (including phenoxy) is 1. The van der Waals surface area contributed by atoms with Crippen LogP contribution in [0.2, 0.25) is 0 Å². The lowest BCUT2D eigenvalue weighted by molar-refractivity contribution is -0.134. The normalized spacial score (nSPS) is 13.3. The first-order valence-corrected chi connectivity index (χ1v) is 8.70. The zero-order chi connectivity index (χ0) is 17.9. The van der Waals surface area contributed by atoms with Gasteiger partial charge in [0.1, 0.15) is 5.75 Å². The van der Waals surface area contributed by atoms with Crippen LogP contribution in [0, 0.1) is 0 Å². The monoisotopic (exact) mass is 345 g/mol. The maximum atomic E-state index is 12.6. The largest absolute Gasteiger partial charge is 0.483 e. The van der Waals surface area contributed by atoms with E-state index in [9.17, 15) is 9.59 Å². The number of carbonyl (C=O) groups is 2. The average Bonchev–Trinajstić information content (AvgIpc) is 2.71. The molecule has 0 aromatic heterocycles. The van der Waals surface area contributed by atoms with Crippen LogP contribution in [0.5, 0.6) is 5.75 Å². The van der Waals surface area contributed by atoms with Gasteiger partial charge in [0.25, 0.3) is 5.91 Å². The molecule has 1 heterocycles. The first-order valence-electron chi connectivity index (χ1n) is 8.70. The van der Waals surface area contributed by atoms with Crippen LogP contribution in [0.15, 0.2) is 60.7 Å². The second-order valence-electron chi connectivity index (χ2n) is 6.44. The van der Waals surface area contributed by atoms with Crippen LogP contribution in [-0.2, 0) is 17.8 Å². The summed E-state index contributed by atoms with van der Waals surface area (Å²) in [6.45, 7) is 1.33. The molecule has 130 valence electrons. The fraction of sp³-hybridized carbons (Fsp3) is 0.182. The maximum Gasteiger partial charge on any atom is 0.260 e. The smallest absolute Gasteiger partial charge is 0.260 e. The molecule has 26 heavy (non-hydrogen) atoms. The molecule has 0 saturated carbocycles. The highest BCUT2D eigenvalue weighted by atomic mass is 16.5. The minimum absolute atomic E-state index is 0.00734. The van der Waals surface area contributed by atoms with Gasteiger partial charge in [-0.25, -0.2) is 0 Å². The predicted molar refractivity (Wildman–Crippen MR) is 100 cm³/mol. The van der Waals surface area contributed by atoms with Gasteiger partial charge in [-0.15, -0.1) is 0 Å². The first kappa shape index (κ1) is 16.3. The maximum absolute atomic E-state index is 12.6. The van der Waals surface area contributed by atoms with Crippen molar-refractivity contribution in [2.45, 2.75) is 13.0 Å². The van der Waals surface area contributed by atoms with E-state index in [0.717, 1.165) is 23.5 Å². The molecule has 0 aliphatic carbocycles. The molecule has 0 spiro atoms.